The summed E-state index contributed by atoms with van der Waals surface area (Å²) in [7, 11) is 0. The first-order valence-electron chi connectivity index (χ1n) is 9.16. The van der Waals surface area contributed by atoms with Crippen LogP contribution in [0.5, 0.6) is 0 Å². The van der Waals surface area contributed by atoms with Crippen LogP contribution in [0.4, 0.5) is 0 Å². The van der Waals surface area contributed by atoms with Crippen LogP contribution in [-0.2, 0) is 36.5 Å². The zero-order valence-electron chi connectivity index (χ0n) is 14.4. The van der Waals surface area contributed by atoms with Crippen molar-refractivity contribution >= 4 is 0 Å². The van der Waals surface area contributed by atoms with Crippen LogP contribution < -0.4 is 0 Å². The highest BCUT2D eigenvalue weighted by molar-refractivity contribution is 5.16. The maximum absolute atomic E-state index is 6.17. The molecule has 3 aliphatic rings. The van der Waals surface area contributed by atoms with E-state index < -0.39 is 0 Å². The summed E-state index contributed by atoms with van der Waals surface area (Å²) >= 11 is 0. The first-order valence-corrected chi connectivity index (χ1v) is 9.16. The topological polar surface area (TPSA) is 46.2 Å². The van der Waals surface area contributed by atoms with E-state index in [1.54, 1.807) is 0 Å². The molecule has 3 fully saturated rings. The number of ether oxygens (including phenoxy) is 5. The van der Waals surface area contributed by atoms with Gasteiger partial charge in [0.2, 0.25) is 0 Å². The van der Waals surface area contributed by atoms with Crippen molar-refractivity contribution in [1.82, 2.24) is 0 Å². The fourth-order valence-electron chi connectivity index (χ4n) is 3.83. The molecule has 136 valence electrons. The molecular weight excluding hydrogens is 332 g/mol. The molecule has 6 atom stereocenters. The van der Waals surface area contributed by atoms with Gasteiger partial charge in [-0.05, 0) is 11.1 Å². The molecule has 5 nitrogen and oxygen atoms in total. The lowest BCUT2D eigenvalue weighted by Gasteiger charge is -2.33. The lowest BCUT2D eigenvalue weighted by atomic mass is 10.1. The highest BCUT2D eigenvalue weighted by Crippen LogP contribution is 2.38. The van der Waals surface area contributed by atoms with Gasteiger partial charge >= 0.3 is 0 Å². The minimum atomic E-state index is -0.377. The molecule has 0 amide bonds. The van der Waals surface area contributed by atoms with Crippen LogP contribution in [0.2, 0.25) is 0 Å². The van der Waals surface area contributed by atoms with Crippen molar-refractivity contribution in [2.45, 2.75) is 50.0 Å². The Morgan fingerprint density at radius 3 is 1.96 bits per heavy atom. The minimum Gasteiger partial charge on any atom is -0.349 e. The molecule has 2 aromatic rings. The van der Waals surface area contributed by atoms with Gasteiger partial charge in [0.25, 0.3) is 0 Å². The predicted octanol–water partition coefficient (Wildman–Crippen LogP) is 2.68. The van der Waals surface area contributed by atoms with Gasteiger partial charge in [0.15, 0.2) is 18.9 Å². The third kappa shape index (κ3) is 3.29. The van der Waals surface area contributed by atoms with Crippen molar-refractivity contribution < 1.29 is 23.7 Å². The SMILES string of the molecule is c1ccc(CC2OC[C@H]3O[C@@H]4OC(Cc5ccccc5)O[C@@H]4[C@H]3O2)cc1. The maximum atomic E-state index is 6.17. The van der Waals surface area contributed by atoms with Crippen molar-refractivity contribution in [1.29, 1.82) is 0 Å². The molecule has 3 saturated heterocycles. The van der Waals surface area contributed by atoms with Crippen LogP contribution in [0.3, 0.4) is 0 Å². The Bertz CT molecular complexity index is 722. The molecule has 5 rings (SSSR count). The Morgan fingerprint density at radius 1 is 0.654 bits per heavy atom. The number of fused-ring (bicyclic) bond motifs is 3. The highest BCUT2D eigenvalue weighted by atomic mass is 16.8. The van der Waals surface area contributed by atoms with E-state index >= 15 is 0 Å². The molecule has 26 heavy (non-hydrogen) atoms. The Hall–Kier alpha value is -1.76. The van der Waals surface area contributed by atoms with E-state index in [-0.39, 0.29) is 37.2 Å². The van der Waals surface area contributed by atoms with Crippen molar-refractivity contribution in [3.05, 3.63) is 71.8 Å². The van der Waals surface area contributed by atoms with Crippen LogP contribution in [0.25, 0.3) is 0 Å². The van der Waals surface area contributed by atoms with Crippen molar-refractivity contribution in [3.8, 4) is 0 Å². The van der Waals surface area contributed by atoms with Gasteiger partial charge in [-0.25, -0.2) is 0 Å². The third-order valence-corrected chi connectivity index (χ3v) is 5.11. The summed E-state index contributed by atoms with van der Waals surface area (Å²) in [6, 6.07) is 20.4. The summed E-state index contributed by atoms with van der Waals surface area (Å²) < 4.78 is 30.0. The molecule has 2 aromatic carbocycles. The first-order chi connectivity index (χ1) is 12.8. The van der Waals surface area contributed by atoms with Gasteiger partial charge in [0.1, 0.15) is 18.3 Å². The quantitative estimate of drug-likeness (QED) is 0.845. The van der Waals surface area contributed by atoms with E-state index in [0.29, 0.717) is 13.0 Å². The average Bonchev–Trinajstić information content (AvgIpc) is 3.21. The van der Waals surface area contributed by atoms with Gasteiger partial charge in [-0.2, -0.15) is 0 Å². The Balaban J connectivity index is 1.22. The second-order valence-corrected chi connectivity index (χ2v) is 6.95. The molecule has 2 unspecified atom stereocenters. The second kappa shape index (κ2) is 7.10. The molecule has 5 heteroatoms. The van der Waals surface area contributed by atoms with Gasteiger partial charge in [-0.1, -0.05) is 60.7 Å². The lowest BCUT2D eigenvalue weighted by molar-refractivity contribution is -0.268. The third-order valence-electron chi connectivity index (χ3n) is 5.11. The van der Waals surface area contributed by atoms with E-state index in [1.807, 2.05) is 36.4 Å². The molecule has 0 aromatic heterocycles. The van der Waals surface area contributed by atoms with E-state index in [4.69, 9.17) is 23.7 Å². The van der Waals surface area contributed by atoms with Crippen LogP contribution >= 0.6 is 0 Å². The zero-order valence-corrected chi connectivity index (χ0v) is 14.4. The predicted molar refractivity (Wildman–Crippen MR) is 93.3 cm³/mol. The average molecular weight is 354 g/mol. The molecule has 0 N–H and O–H groups in total. The fraction of sp³-hybridized carbons (Fsp3) is 0.429. The van der Waals surface area contributed by atoms with Crippen LogP contribution in [0.1, 0.15) is 11.1 Å². The van der Waals surface area contributed by atoms with E-state index in [1.165, 1.54) is 11.1 Å². The van der Waals surface area contributed by atoms with E-state index in [9.17, 15) is 0 Å². The lowest BCUT2D eigenvalue weighted by Crippen LogP contribution is -2.46. The van der Waals surface area contributed by atoms with Gasteiger partial charge < -0.3 is 23.7 Å². The van der Waals surface area contributed by atoms with Gasteiger partial charge in [-0.15, -0.1) is 0 Å². The highest BCUT2D eigenvalue weighted by Gasteiger charge is 2.55. The molecular formula is C21H22O5. The molecule has 0 radical (unpaired) electrons. The van der Waals surface area contributed by atoms with Crippen molar-refractivity contribution in [2.24, 2.45) is 0 Å². The molecule has 0 saturated carbocycles. The van der Waals surface area contributed by atoms with Crippen molar-refractivity contribution in [3.63, 3.8) is 0 Å². The number of hydrogen-bond donors (Lipinski definition) is 0. The normalized spacial score (nSPS) is 35.8. The summed E-state index contributed by atoms with van der Waals surface area (Å²) in [6.07, 6.45) is -0.00869. The Morgan fingerprint density at radius 2 is 1.27 bits per heavy atom. The van der Waals surface area contributed by atoms with Gasteiger partial charge in [0.05, 0.1) is 6.61 Å². The summed E-state index contributed by atoms with van der Waals surface area (Å²) in [5, 5.41) is 0. The van der Waals surface area contributed by atoms with Gasteiger partial charge in [0, 0.05) is 12.8 Å². The molecule has 0 bridgehead atoms. The fourth-order valence-corrected chi connectivity index (χ4v) is 3.83. The number of hydrogen-bond acceptors (Lipinski definition) is 5. The summed E-state index contributed by atoms with van der Waals surface area (Å²) in [5.74, 6) is 0. The maximum Gasteiger partial charge on any atom is 0.190 e. The van der Waals surface area contributed by atoms with Crippen molar-refractivity contribution in [2.75, 3.05) is 6.61 Å². The van der Waals surface area contributed by atoms with Gasteiger partial charge in [-0.3, -0.25) is 0 Å². The van der Waals surface area contributed by atoms with Crippen LogP contribution in [0.15, 0.2) is 60.7 Å². The van der Waals surface area contributed by atoms with E-state index in [0.717, 1.165) is 6.42 Å². The Labute approximate surface area is 152 Å². The second-order valence-electron chi connectivity index (χ2n) is 6.95. The smallest absolute Gasteiger partial charge is 0.190 e. The largest absolute Gasteiger partial charge is 0.349 e. The number of benzene rings is 2. The summed E-state index contributed by atoms with van der Waals surface area (Å²) in [4.78, 5) is 0. The number of rotatable bonds is 4. The molecule has 3 heterocycles. The standard InChI is InChI=1S/C21H22O5/c1-3-7-14(8-4-1)11-17-22-13-16-19(24-17)20-21(23-16)26-18(25-20)12-15-9-5-2-6-10-15/h1-10,16-21H,11-13H2/t16-,17?,18?,19+,20-,21-/m1/s1. The molecule has 3 aliphatic heterocycles. The minimum absolute atomic E-state index is 0.130. The van der Waals surface area contributed by atoms with Crippen LogP contribution in [0, 0.1) is 0 Å². The zero-order chi connectivity index (χ0) is 17.3. The molecule has 0 spiro atoms. The monoisotopic (exact) mass is 354 g/mol. The summed E-state index contributed by atoms with van der Waals surface area (Å²) in [5.41, 5.74) is 2.38. The first kappa shape index (κ1) is 16.4. The van der Waals surface area contributed by atoms with E-state index in [2.05, 4.69) is 24.3 Å². The molecule has 0 aliphatic carbocycles. The summed E-state index contributed by atoms with van der Waals surface area (Å²) in [6.45, 7) is 0.505. The Kier molecular flexibility index (Phi) is 4.48. The van der Waals surface area contributed by atoms with Crippen LogP contribution in [-0.4, -0.2) is 43.8 Å².